The summed E-state index contributed by atoms with van der Waals surface area (Å²) in [5.74, 6) is -4.67. The molecule has 2 aliphatic heterocycles. The molecule has 0 aromatic rings. The van der Waals surface area contributed by atoms with Crippen molar-refractivity contribution in [2.45, 2.75) is 122 Å². The van der Waals surface area contributed by atoms with Gasteiger partial charge >= 0.3 is 35.8 Å². The first kappa shape index (κ1) is 41.4. The number of carbonyl (C=O) groups is 7. The van der Waals surface area contributed by atoms with Crippen molar-refractivity contribution < 1.29 is 76.2 Å². The second-order valence-corrected chi connectivity index (χ2v) is 12.3. The zero-order chi connectivity index (χ0) is 36.8. The molecule has 0 bridgehead atoms. The SMILES string of the molecule is C=CCCCS[C@@H]1O[C@H](COC(C)=O)[C@@H](O[C@@H]2O[C@H](COC(C)=O)[C@H](OC(C)=O)[C@H](OC(C)=O)[C@H]2OC(C)=O)[C@H](OC(C)=O)[C@H]1NC(C)=O. The van der Waals surface area contributed by atoms with Crippen LogP contribution in [0.25, 0.3) is 0 Å². The van der Waals surface area contributed by atoms with E-state index in [0.29, 0.717) is 18.6 Å². The van der Waals surface area contributed by atoms with Gasteiger partial charge in [-0.1, -0.05) is 6.08 Å². The van der Waals surface area contributed by atoms with Gasteiger partial charge in [-0.25, -0.2) is 0 Å². The molecule has 2 rings (SSSR count). The summed E-state index contributed by atoms with van der Waals surface area (Å²) < 4.78 is 51.3. The Morgan fingerprint density at radius 1 is 0.653 bits per heavy atom. The van der Waals surface area contributed by atoms with Gasteiger partial charge in [0.25, 0.3) is 0 Å². The molecule has 1 N–H and O–H groups in total. The van der Waals surface area contributed by atoms with Crippen molar-refractivity contribution in [3.63, 3.8) is 0 Å². The first-order valence-electron chi connectivity index (χ1n) is 15.5. The Kier molecular flexibility index (Phi) is 17.0. The van der Waals surface area contributed by atoms with E-state index in [4.69, 9.17) is 42.6 Å². The van der Waals surface area contributed by atoms with E-state index >= 15 is 0 Å². The number of ether oxygens (including phenoxy) is 9. The van der Waals surface area contributed by atoms with Crippen LogP contribution in [0, 0.1) is 0 Å². The summed E-state index contributed by atoms with van der Waals surface area (Å²) in [6, 6.07) is -1.03. The number of thioether (sulfide) groups is 1. The maximum Gasteiger partial charge on any atom is 0.303 e. The van der Waals surface area contributed by atoms with E-state index in [9.17, 15) is 33.6 Å². The smallest absolute Gasteiger partial charge is 0.303 e. The first-order chi connectivity index (χ1) is 23.0. The molecule has 0 saturated carbocycles. The Morgan fingerprint density at radius 2 is 1.14 bits per heavy atom. The van der Waals surface area contributed by atoms with Gasteiger partial charge in [0.05, 0.1) is 0 Å². The Bertz CT molecular complexity index is 1210. The standard InChI is InChI=1S/C31H45NO16S/c1-9-10-11-12-49-31-24(32-15(2)33)27(43-19(6)37)25(23(47-31)14-41-17(4)35)48-30-29(45-21(8)39)28(44-20(7)38)26(42-18(5)36)22(46-30)13-40-16(3)34/h9,22-31H,1,10-14H2,2-8H3,(H,32,33)/t22-,23-,24-,25-,26+,27-,28+,29-,30+,31+/m1/s1. The molecule has 0 aliphatic carbocycles. The number of rotatable bonds is 16. The minimum atomic E-state index is -1.71. The van der Waals surface area contributed by atoms with E-state index in [1.54, 1.807) is 6.08 Å². The van der Waals surface area contributed by atoms with Gasteiger partial charge in [-0.2, -0.15) is 0 Å². The van der Waals surface area contributed by atoms with Crippen LogP contribution in [-0.2, 0) is 76.2 Å². The molecule has 17 nitrogen and oxygen atoms in total. The summed E-state index contributed by atoms with van der Waals surface area (Å²) in [4.78, 5) is 85.3. The number of hydrogen-bond donors (Lipinski definition) is 1. The third-order valence-corrected chi connectivity index (χ3v) is 8.10. The van der Waals surface area contributed by atoms with Crippen LogP contribution in [-0.4, -0.2) is 121 Å². The highest BCUT2D eigenvalue weighted by Crippen LogP contribution is 2.37. The zero-order valence-corrected chi connectivity index (χ0v) is 29.4. The van der Waals surface area contributed by atoms with Crippen molar-refractivity contribution in [1.29, 1.82) is 0 Å². The molecule has 1 amide bonds. The Labute approximate surface area is 288 Å². The van der Waals surface area contributed by atoms with Gasteiger partial charge in [0.15, 0.2) is 30.7 Å². The largest absolute Gasteiger partial charge is 0.463 e. The molecule has 0 aromatic heterocycles. The van der Waals surface area contributed by atoms with Gasteiger partial charge in [0.1, 0.15) is 43.0 Å². The fourth-order valence-electron chi connectivity index (χ4n) is 5.14. The van der Waals surface area contributed by atoms with Gasteiger partial charge in [0.2, 0.25) is 5.91 Å². The number of carbonyl (C=O) groups excluding carboxylic acids is 7. The van der Waals surface area contributed by atoms with E-state index < -0.39 is 115 Å². The predicted octanol–water partition coefficient (Wildman–Crippen LogP) is 0.879. The van der Waals surface area contributed by atoms with Crippen molar-refractivity contribution >= 4 is 53.5 Å². The highest BCUT2D eigenvalue weighted by molar-refractivity contribution is 7.99. The van der Waals surface area contributed by atoms with Crippen LogP contribution in [0.5, 0.6) is 0 Å². The number of nitrogens with one attached hydrogen (secondary N) is 1. The molecule has 0 aromatic carbocycles. The second kappa shape index (κ2) is 20.1. The van der Waals surface area contributed by atoms with Crippen LogP contribution in [0.4, 0.5) is 0 Å². The summed E-state index contributed by atoms with van der Waals surface area (Å²) >= 11 is 1.31. The molecule has 2 fully saturated rings. The average molecular weight is 720 g/mol. The maximum absolute atomic E-state index is 12.5. The van der Waals surface area contributed by atoms with Crippen molar-refractivity contribution in [2.24, 2.45) is 0 Å². The fraction of sp³-hybridized carbons (Fsp3) is 0.710. The van der Waals surface area contributed by atoms with Crippen LogP contribution >= 0.6 is 11.8 Å². The minimum absolute atomic E-state index is 0.417. The summed E-state index contributed by atoms with van der Waals surface area (Å²) in [6.45, 7) is 10.7. The Morgan fingerprint density at radius 3 is 1.63 bits per heavy atom. The van der Waals surface area contributed by atoms with Crippen molar-refractivity contribution in [3.8, 4) is 0 Å². The van der Waals surface area contributed by atoms with E-state index in [0.717, 1.165) is 34.6 Å². The lowest BCUT2D eigenvalue weighted by Crippen LogP contribution is -2.68. The predicted molar refractivity (Wildman–Crippen MR) is 167 cm³/mol. The number of amides is 1. The molecule has 276 valence electrons. The van der Waals surface area contributed by atoms with Crippen LogP contribution in [0.3, 0.4) is 0 Å². The molecule has 18 heteroatoms. The number of unbranched alkanes of at least 4 members (excludes halogenated alkanes) is 1. The van der Waals surface area contributed by atoms with Crippen LogP contribution in [0.2, 0.25) is 0 Å². The summed E-state index contributed by atoms with van der Waals surface area (Å²) in [5, 5.41) is 2.75. The summed E-state index contributed by atoms with van der Waals surface area (Å²) in [7, 11) is 0. The molecule has 49 heavy (non-hydrogen) atoms. The number of esters is 6. The van der Waals surface area contributed by atoms with Crippen molar-refractivity contribution in [3.05, 3.63) is 12.7 Å². The van der Waals surface area contributed by atoms with E-state index in [-0.39, 0.29) is 0 Å². The molecule has 0 radical (unpaired) electrons. The molecule has 2 saturated heterocycles. The lowest BCUT2D eigenvalue weighted by Gasteiger charge is -2.49. The van der Waals surface area contributed by atoms with Gasteiger partial charge in [-0.15, -0.1) is 18.3 Å². The van der Waals surface area contributed by atoms with Gasteiger partial charge in [0, 0.05) is 48.5 Å². The van der Waals surface area contributed by atoms with Gasteiger partial charge in [-0.3, -0.25) is 33.6 Å². The lowest BCUT2D eigenvalue weighted by molar-refractivity contribution is -0.336. The van der Waals surface area contributed by atoms with E-state index in [1.165, 1.54) is 25.6 Å². The average Bonchev–Trinajstić information content (AvgIpc) is 2.97. The Hall–Kier alpha value is -3.74. The number of hydrogen-bond acceptors (Lipinski definition) is 17. The number of allylic oxidation sites excluding steroid dienone is 1. The molecule has 2 aliphatic rings. The monoisotopic (exact) mass is 719 g/mol. The maximum atomic E-state index is 12.5. The third-order valence-electron chi connectivity index (χ3n) is 6.84. The molecule has 0 unspecified atom stereocenters. The Balaban J connectivity index is 2.70. The highest BCUT2D eigenvalue weighted by Gasteiger charge is 2.56. The highest BCUT2D eigenvalue weighted by atomic mass is 32.2. The van der Waals surface area contributed by atoms with Crippen molar-refractivity contribution in [2.75, 3.05) is 19.0 Å². The molecular formula is C31H45NO16S. The topological polar surface area (TPSA) is 215 Å². The zero-order valence-electron chi connectivity index (χ0n) is 28.5. The lowest BCUT2D eigenvalue weighted by atomic mass is 9.95. The van der Waals surface area contributed by atoms with Crippen LogP contribution in [0.15, 0.2) is 12.7 Å². The van der Waals surface area contributed by atoms with E-state index in [2.05, 4.69) is 11.9 Å². The first-order valence-corrected chi connectivity index (χ1v) is 16.5. The van der Waals surface area contributed by atoms with Gasteiger partial charge < -0.3 is 47.9 Å². The quantitative estimate of drug-likeness (QED) is 0.101. The van der Waals surface area contributed by atoms with Crippen molar-refractivity contribution in [1.82, 2.24) is 5.32 Å². The summed E-state index contributed by atoms with van der Waals surface area (Å²) in [6.07, 6.45) is -8.47. The molecule has 10 atom stereocenters. The third kappa shape index (κ3) is 13.6. The molecular weight excluding hydrogens is 674 g/mol. The van der Waals surface area contributed by atoms with Crippen LogP contribution in [0.1, 0.15) is 61.3 Å². The summed E-state index contributed by atoms with van der Waals surface area (Å²) in [5.41, 5.74) is -0.839. The van der Waals surface area contributed by atoms with Gasteiger partial charge in [-0.05, 0) is 18.6 Å². The minimum Gasteiger partial charge on any atom is -0.463 e. The van der Waals surface area contributed by atoms with E-state index in [1.807, 2.05) is 0 Å². The molecule has 2 heterocycles. The fourth-order valence-corrected chi connectivity index (χ4v) is 6.36. The second-order valence-electron chi connectivity index (χ2n) is 11.1. The van der Waals surface area contributed by atoms with Crippen LogP contribution < -0.4 is 5.32 Å². The normalized spacial score (nSPS) is 29.4. The molecule has 0 spiro atoms.